The van der Waals surface area contributed by atoms with Crippen LogP contribution in [0.25, 0.3) is 10.9 Å². The van der Waals surface area contributed by atoms with Crippen molar-refractivity contribution in [1.82, 2.24) is 15.1 Å². The van der Waals surface area contributed by atoms with Crippen LogP contribution in [0.2, 0.25) is 0 Å². The highest BCUT2D eigenvalue weighted by molar-refractivity contribution is 5.87. The van der Waals surface area contributed by atoms with Crippen molar-refractivity contribution in [3.8, 4) is 11.5 Å². The molecule has 5 rings (SSSR count). The molecule has 2 aliphatic heterocycles. The monoisotopic (exact) mass is 349 g/mol. The van der Waals surface area contributed by atoms with E-state index in [-0.39, 0.29) is 18.7 Å². The summed E-state index contributed by atoms with van der Waals surface area (Å²) in [6.45, 7) is 1.04. The normalized spacial score (nSPS) is 18.6. The van der Waals surface area contributed by atoms with Crippen molar-refractivity contribution in [3.63, 3.8) is 0 Å². The summed E-state index contributed by atoms with van der Waals surface area (Å²) < 4.78 is 10.9. The molecular weight excluding hydrogens is 330 g/mol. The van der Waals surface area contributed by atoms with Gasteiger partial charge in [0.05, 0.1) is 23.7 Å². The van der Waals surface area contributed by atoms with E-state index in [1.165, 1.54) is 0 Å². The summed E-state index contributed by atoms with van der Waals surface area (Å²) in [4.78, 5) is 15.0. The van der Waals surface area contributed by atoms with Gasteiger partial charge in [0.25, 0.3) is 0 Å². The summed E-state index contributed by atoms with van der Waals surface area (Å²) in [6.07, 6.45) is 2.31. The van der Waals surface area contributed by atoms with E-state index in [0.717, 1.165) is 53.0 Å². The van der Waals surface area contributed by atoms with Crippen LogP contribution in [0.15, 0.2) is 42.5 Å². The van der Waals surface area contributed by atoms with Crippen LogP contribution >= 0.6 is 0 Å². The smallest absolute Gasteiger partial charge is 0.231 e. The van der Waals surface area contributed by atoms with Gasteiger partial charge < -0.3 is 14.4 Å². The zero-order valence-electron chi connectivity index (χ0n) is 14.3. The summed E-state index contributed by atoms with van der Waals surface area (Å²) in [6, 6.07) is 13.9. The standard InChI is InChI=1S/C20H19N3O3/c24-20(11-16-14-4-1-2-5-15(14)21-22-16)23-9-3-6-17(23)13-7-8-18-19(10-13)26-12-25-18/h1-2,4-5,7-8,10,17H,3,6,9,11-12H2,(H,21,22). The van der Waals surface area contributed by atoms with Gasteiger partial charge in [-0.15, -0.1) is 0 Å². The molecule has 1 saturated heterocycles. The van der Waals surface area contributed by atoms with Crippen LogP contribution in [0.3, 0.4) is 0 Å². The summed E-state index contributed by atoms with van der Waals surface area (Å²) in [5.74, 6) is 1.66. The molecule has 3 heterocycles. The summed E-state index contributed by atoms with van der Waals surface area (Å²) in [5, 5.41) is 8.32. The molecule has 1 fully saturated rings. The van der Waals surface area contributed by atoms with Gasteiger partial charge in [0, 0.05) is 11.9 Å². The first-order valence-electron chi connectivity index (χ1n) is 8.90. The summed E-state index contributed by atoms with van der Waals surface area (Å²) >= 11 is 0. The molecule has 0 spiro atoms. The second-order valence-electron chi connectivity index (χ2n) is 6.75. The fourth-order valence-electron chi connectivity index (χ4n) is 3.93. The number of hydrogen-bond donors (Lipinski definition) is 1. The maximum Gasteiger partial charge on any atom is 0.231 e. The maximum absolute atomic E-state index is 13.0. The van der Waals surface area contributed by atoms with Gasteiger partial charge >= 0.3 is 0 Å². The predicted octanol–water partition coefficient (Wildman–Crippen LogP) is 3.20. The van der Waals surface area contributed by atoms with Crippen LogP contribution in [0.5, 0.6) is 11.5 Å². The fraction of sp³-hybridized carbons (Fsp3) is 0.300. The molecule has 2 aromatic carbocycles. The Morgan fingerprint density at radius 1 is 1.19 bits per heavy atom. The van der Waals surface area contributed by atoms with E-state index >= 15 is 0 Å². The number of para-hydroxylation sites is 1. The largest absolute Gasteiger partial charge is 0.454 e. The number of amides is 1. The van der Waals surface area contributed by atoms with Crippen molar-refractivity contribution >= 4 is 16.8 Å². The van der Waals surface area contributed by atoms with E-state index in [1.54, 1.807) is 0 Å². The van der Waals surface area contributed by atoms with Crippen LogP contribution in [0.4, 0.5) is 0 Å². The molecule has 0 aliphatic carbocycles. The third-order valence-corrected chi connectivity index (χ3v) is 5.22. The van der Waals surface area contributed by atoms with Crippen LogP contribution in [0.1, 0.15) is 30.1 Å². The molecule has 132 valence electrons. The molecule has 6 nitrogen and oxygen atoms in total. The lowest BCUT2D eigenvalue weighted by atomic mass is 10.0. The number of likely N-dealkylation sites (tertiary alicyclic amines) is 1. The van der Waals surface area contributed by atoms with Crippen molar-refractivity contribution in [2.45, 2.75) is 25.3 Å². The molecule has 1 atom stereocenters. The number of hydrogen-bond acceptors (Lipinski definition) is 4. The van der Waals surface area contributed by atoms with Crippen LogP contribution < -0.4 is 9.47 Å². The number of ether oxygens (including phenoxy) is 2. The summed E-state index contributed by atoms with van der Waals surface area (Å²) in [7, 11) is 0. The first kappa shape index (κ1) is 15.3. The molecule has 26 heavy (non-hydrogen) atoms. The number of carbonyl (C=O) groups is 1. The molecule has 6 heteroatoms. The number of nitrogens with zero attached hydrogens (tertiary/aromatic N) is 2. The highest BCUT2D eigenvalue weighted by Crippen LogP contribution is 2.39. The number of aromatic amines is 1. The number of aromatic nitrogens is 2. The highest BCUT2D eigenvalue weighted by atomic mass is 16.7. The lowest BCUT2D eigenvalue weighted by Gasteiger charge is -2.25. The van der Waals surface area contributed by atoms with Gasteiger partial charge in [-0.3, -0.25) is 9.89 Å². The first-order valence-corrected chi connectivity index (χ1v) is 8.90. The SMILES string of the molecule is O=C(Cc1[nH]nc2ccccc12)N1CCCC1c1ccc2c(c1)OCO2. The Morgan fingerprint density at radius 3 is 3.04 bits per heavy atom. The average molecular weight is 349 g/mol. The number of rotatable bonds is 3. The van der Waals surface area contributed by atoms with E-state index in [2.05, 4.69) is 10.2 Å². The molecule has 1 N–H and O–H groups in total. The van der Waals surface area contributed by atoms with Gasteiger partial charge in [0.1, 0.15) is 0 Å². The topological polar surface area (TPSA) is 67.5 Å². The number of fused-ring (bicyclic) bond motifs is 2. The second kappa shape index (κ2) is 6.05. The van der Waals surface area contributed by atoms with E-state index in [1.807, 2.05) is 47.4 Å². The van der Waals surface area contributed by atoms with Crippen LogP contribution in [-0.2, 0) is 11.2 Å². The third kappa shape index (κ3) is 2.49. The Balaban J connectivity index is 1.39. The van der Waals surface area contributed by atoms with Crippen molar-refractivity contribution in [2.24, 2.45) is 0 Å². The minimum Gasteiger partial charge on any atom is -0.454 e. The molecule has 1 aromatic heterocycles. The van der Waals surface area contributed by atoms with Gasteiger partial charge in [0.15, 0.2) is 11.5 Å². The van der Waals surface area contributed by atoms with E-state index in [0.29, 0.717) is 6.42 Å². The van der Waals surface area contributed by atoms with E-state index in [4.69, 9.17) is 9.47 Å². The second-order valence-corrected chi connectivity index (χ2v) is 6.75. The quantitative estimate of drug-likeness (QED) is 0.788. The minimum atomic E-state index is 0.0891. The zero-order chi connectivity index (χ0) is 17.5. The molecule has 0 bridgehead atoms. The first-order chi connectivity index (χ1) is 12.8. The van der Waals surface area contributed by atoms with Crippen LogP contribution in [-0.4, -0.2) is 34.3 Å². The molecule has 2 aliphatic rings. The number of H-pyrrole nitrogens is 1. The van der Waals surface area contributed by atoms with Crippen molar-refractivity contribution in [1.29, 1.82) is 0 Å². The van der Waals surface area contributed by atoms with Gasteiger partial charge in [-0.05, 0) is 36.6 Å². The molecular formula is C20H19N3O3. The van der Waals surface area contributed by atoms with E-state index < -0.39 is 0 Å². The van der Waals surface area contributed by atoms with Crippen molar-refractivity contribution in [3.05, 3.63) is 53.7 Å². The Kier molecular flexibility index (Phi) is 3.55. The van der Waals surface area contributed by atoms with Gasteiger partial charge in [-0.2, -0.15) is 5.10 Å². The molecule has 0 radical (unpaired) electrons. The molecule has 1 unspecified atom stereocenters. The van der Waals surface area contributed by atoms with Gasteiger partial charge in [-0.25, -0.2) is 0 Å². The fourth-order valence-corrected chi connectivity index (χ4v) is 3.93. The molecule has 0 saturated carbocycles. The Labute approximate surface area is 150 Å². The highest BCUT2D eigenvalue weighted by Gasteiger charge is 2.31. The lowest BCUT2D eigenvalue weighted by molar-refractivity contribution is -0.131. The Bertz CT molecular complexity index is 981. The maximum atomic E-state index is 13.0. The Hall–Kier alpha value is -3.02. The molecule has 3 aromatic rings. The van der Waals surface area contributed by atoms with Crippen molar-refractivity contribution < 1.29 is 14.3 Å². The van der Waals surface area contributed by atoms with Gasteiger partial charge in [-0.1, -0.05) is 24.3 Å². The van der Waals surface area contributed by atoms with Gasteiger partial charge in [0.2, 0.25) is 12.7 Å². The third-order valence-electron chi connectivity index (χ3n) is 5.22. The number of carbonyl (C=O) groups excluding carboxylic acids is 1. The summed E-state index contributed by atoms with van der Waals surface area (Å²) in [5.41, 5.74) is 2.88. The van der Waals surface area contributed by atoms with Crippen molar-refractivity contribution in [2.75, 3.05) is 13.3 Å². The lowest BCUT2D eigenvalue weighted by Crippen LogP contribution is -2.32. The van der Waals surface area contributed by atoms with E-state index in [9.17, 15) is 4.79 Å². The number of nitrogens with one attached hydrogen (secondary N) is 1. The Morgan fingerprint density at radius 2 is 2.08 bits per heavy atom. The van der Waals surface area contributed by atoms with Crippen LogP contribution in [0, 0.1) is 0 Å². The molecule has 1 amide bonds. The number of benzene rings is 2. The predicted molar refractivity (Wildman–Crippen MR) is 96.1 cm³/mol. The average Bonchev–Trinajstić information content (AvgIpc) is 3.40. The zero-order valence-corrected chi connectivity index (χ0v) is 14.3. The minimum absolute atomic E-state index is 0.0891.